The van der Waals surface area contributed by atoms with E-state index >= 15 is 4.39 Å². The molecule has 186 valence electrons. The van der Waals surface area contributed by atoms with E-state index in [2.05, 4.69) is 15.3 Å². The lowest BCUT2D eigenvalue weighted by Crippen LogP contribution is -2.41. The maximum Gasteiger partial charge on any atom is 0.303 e. The van der Waals surface area contributed by atoms with Gasteiger partial charge in [-0.05, 0) is 52.8 Å². The Kier molecular flexibility index (Phi) is 5.61. The minimum absolute atomic E-state index is 0.0427. The molecule has 1 unspecified atom stereocenters. The fourth-order valence-corrected chi connectivity index (χ4v) is 4.35. The number of fused-ring (bicyclic) bond motifs is 2. The molecular weight excluding hydrogens is 461 g/mol. The molecule has 0 bridgehead atoms. The molecule has 2 heterocycles. The molecule has 0 radical (unpaired) electrons. The van der Waals surface area contributed by atoms with Gasteiger partial charge in [0.1, 0.15) is 23.1 Å². The van der Waals surface area contributed by atoms with E-state index in [0.717, 1.165) is 19.9 Å². The first kappa shape index (κ1) is 24.9. The predicted octanol–water partition coefficient (Wildman–Crippen LogP) is 4.30. The number of nitrogens with zero attached hydrogens (tertiary/aromatic N) is 3. The van der Waals surface area contributed by atoms with Gasteiger partial charge in [0.25, 0.3) is 5.91 Å². The largest absolute Gasteiger partial charge is 0.384 e. The van der Waals surface area contributed by atoms with Crippen LogP contribution in [0.5, 0.6) is 0 Å². The molecule has 0 aliphatic carbocycles. The van der Waals surface area contributed by atoms with Gasteiger partial charge >= 0.3 is 5.92 Å². The van der Waals surface area contributed by atoms with Crippen LogP contribution in [0.3, 0.4) is 0 Å². The Balaban J connectivity index is 1.80. The van der Waals surface area contributed by atoms with Crippen molar-refractivity contribution in [3.63, 3.8) is 0 Å². The first-order chi connectivity index (χ1) is 16.1. The number of aromatic nitrogens is 2. The van der Waals surface area contributed by atoms with Crippen LogP contribution in [0.2, 0.25) is 0 Å². The van der Waals surface area contributed by atoms with Crippen molar-refractivity contribution >= 4 is 28.3 Å². The lowest BCUT2D eigenvalue weighted by atomic mass is 9.91. The highest BCUT2D eigenvalue weighted by atomic mass is 19.3. The molecule has 2 aromatic carbocycles. The van der Waals surface area contributed by atoms with E-state index in [9.17, 15) is 23.8 Å². The Morgan fingerprint density at radius 2 is 1.86 bits per heavy atom. The fourth-order valence-electron chi connectivity index (χ4n) is 4.35. The van der Waals surface area contributed by atoms with Crippen molar-refractivity contribution in [1.82, 2.24) is 9.97 Å². The van der Waals surface area contributed by atoms with E-state index in [0.29, 0.717) is 33.8 Å². The van der Waals surface area contributed by atoms with E-state index in [-0.39, 0.29) is 5.56 Å². The Morgan fingerprint density at radius 3 is 2.49 bits per heavy atom. The highest BCUT2D eigenvalue weighted by molar-refractivity contribution is 6.09. The standard InChI is InChI=1S/C25H27F3N4O3/c1-12(14-8-7-9-16(20(14)26)25(27,28)23(3,4)34)29-21-15-10-17-19(11-18(15)30-13(2)31-21)32(6)22(33)24(17,5)35/h7-12,34-35H,1-6H3,(H,29,30,31)/t12-,24?/m1/s1. The third kappa shape index (κ3) is 3.81. The second-order valence-electron chi connectivity index (χ2n) is 9.65. The minimum atomic E-state index is -3.82. The number of aryl methyl sites for hydroxylation is 1. The van der Waals surface area contributed by atoms with Crippen molar-refractivity contribution in [1.29, 1.82) is 0 Å². The van der Waals surface area contributed by atoms with E-state index in [1.54, 1.807) is 33.0 Å². The molecule has 1 amide bonds. The number of hydrogen-bond donors (Lipinski definition) is 3. The van der Waals surface area contributed by atoms with Crippen molar-refractivity contribution in [2.75, 3.05) is 17.3 Å². The van der Waals surface area contributed by atoms with Crippen LogP contribution in [0, 0.1) is 12.7 Å². The van der Waals surface area contributed by atoms with Gasteiger partial charge in [0.15, 0.2) is 5.60 Å². The zero-order valence-electron chi connectivity index (χ0n) is 20.2. The van der Waals surface area contributed by atoms with Crippen LogP contribution in [0.15, 0.2) is 30.3 Å². The lowest BCUT2D eigenvalue weighted by Gasteiger charge is -2.30. The lowest BCUT2D eigenvalue weighted by molar-refractivity contribution is -0.170. The smallest absolute Gasteiger partial charge is 0.303 e. The van der Waals surface area contributed by atoms with Crippen LogP contribution >= 0.6 is 0 Å². The van der Waals surface area contributed by atoms with Crippen molar-refractivity contribution in [3.8, 4) is 0 Å². The fraction of sp³-hybridized carbons (Fsp3) is 0.400. The Labute approximate surface area is 200 Å². The van der Waals surface area contributed by atoms with Gasteiger partial charge in [0.2, 0.25) is 0 Å². The molecule has 0 saturated carbocycles. The van der Waals surface area contributed by atoms with Gasteiger partial charge < -0.3 is 20.4 Å². The molecule has 10 heteroatoms. The summed E-state index contributed by atoms with van der Waals surface area (Å²) in [4.78, 5) is 22.7. The maximum absolute atomic E-state index is 15.3. The SMILES string of the molecule is Cc1nc(N[C@H](C)c2cccc(C(F)(F)C(C)(C)O)c2F)c2cc3c(cc2n1)N(C)C(=O)C3(C)O. The summed E-state index contributed by atoms with van der Waals surface area (Å²) in [6, 6.07) is 6.11. The molecule has 1 aromatic heterocycles. The minimum Gasteiger partial charge on any atom is -0.384 e. The number of carbonyl (C=O) groups excluding carboxylic acids is 1. The van der Waals surface area contributed by atoms with Crippen LogP contribution in [0.1, 0.15) is 56.3 Å². The molecule has 1 aliphatic heterocycles. The average Bonchev–Trinajstić information content (AvgIpc) is 2.91. The van der Waals surface area contributed by atoms with Gasteiger partial charge in [-0.2, -0.15) is 8.78 Å². The van der Waals surface area contributed by atoms with E-state index < -0.39 is 40.5 Å². The molecule has 7 nitrogen and oxygen atoms in total. The Bertz CT molecular complexity index is 1350. The van der Waals surface area contributed by atoms with Gasteiger partial charge in [-0.15, -0.1) is 0 Å². The molecule has 35 heavy (non-hydrogen) atoms. The van der Waals surface area contributed by atoms with Crippen LogP contribution in [-0.4, -0.2) is 38.7 Å². The first-order valence-electron chi connectivity index (χ1n) is 11.1. The van der Waals surface area contributed by atoms with Gasteiger partial charge in [-0.25, -0.2) is 14.4 Å². The Hall–Kier alpha value is -3.24. The van der Waals surface area contributed by atoms with E-state index in [4.69, 9.17) is 0 Å². The van der Waals surface area contributed by atoms with Gasteiger partial charge in [-0.3, -0.25) is 4.79 Å². The second kappa shape index (κ2) is 7.89. The number of anilines is 2. The summed E-state index contributed by atoms with van der Waals surface area (Å²) in [6.07, 6.45) is 0. The van der Waals surface area contributed by atoms with Crippen molar-refractivity contribution in [2.24, 2.45) is 0 Å². The summed E-state index contributed by atoms with van der Waals surface area (Å²) in [5, 5.41) is 24.2. The molecule has 2 atom stereocenters. The monoisotopic (exact) mass is 488 g/mol. The topological polar surface area (TPSA) is 98.6 Å². The summed E-state index contributed by atoms with van der Waals surface area (Å²) in [6.45, 7) is 6.50. The molecular formula is C25H27F3N4O3. The molecule has 1 aliphatic rings. The molecule has 4 rings (SSSR count). The van der Waals surface area contributed by atoms with Crippen LogP contribution in [-0.2, 0) is 16.3 Å². The normalized spacial score (nSPS) is 19.3. The molecule has 3 aromatic rings. The highest BCUT2D eigenvalue weighted by Crippen LogP contribution is 2.43. The van der Waals surface area contributed by atoms with Gasteiger partial charge in [0, 0.05) is 23.6 Å². The molecule has 0 fully saturated rings. The Morgan fingerprint density at radius 1 is 1.20 bits per heavy atom. The highest BCUT2D eigenvalue weighted by Gasteiger charge is 2.49. The number of likely N-dealkylation sites (N-methyl/N-ethyl adjacent to an activating group) is 1. The summed E-state index contributed by atoms with van der Waals surface area (Å²) in [5.74, 6) is -4.75. The van der Waals surface area contributed by atoms with Crippen LogP contribution in [0.4, 0.5) is 24.7 Å². The first-order valence-corrected chi connectivity index (χ1v) is 11.1. The summed E-state index contributed by atoms with van der Waals surface area (Å²) < 4.78 is 44.7. The number of aliphatic hydroxyl groups is 2. The number of nitrogens with one attached hydrogen (secondary N) is 1. The summed E-state index contributed by atoms with van der Waals surface area (Å²) >= 11 is 0. The third-order valence-corrected chi connectivity index (χ3v) is 6.49. The van der Waals surface area contributed by atoms with E-state index in [1.165, 1.54) is 24.0 Å². The van der Waals surface area contributed by atoms with Crippen LogP contribution in [0.25, 0.3) is 10.9 Å². The number of amides is 1. The number of benzene rings is 2. The van der Waals surface area contributed by atoms with Gasteiger partial charge in [0.05, 0.1) is 22.8 Å². The van der Waals surface area contributed by atoms with Crippen molar-refractivity contribution in [3.05, 3.63) is 58.7 Å². The second-order valence-corrected chi connectivity index (χ2v) is 9.65. The number of hydrogen-bond acceptors (Lipinski definition) is 6. The zero-order chi connectivity index (χ0) is 26.1. The van der Waals surface area contributed by atoms with Crippen LogP contribution < -0.4 is 10.2 Å². The number of carbonyl (C=O) groups is 1. The zero-order valence-corrected chi connectivity index (χ0v) is 20.2. The number of halogens is 3. The maximum atomic E-state index is 15.3. The number of alkyl halides is 2. The quantitative estimate of drug-likeness (QED) is 0.496. The van der Waals surface area contributed by atoms with Gasteiger partial charge in [-0.1, -0.05) is 12.1 Å². The summed E-state index contributed by atoms with van der Waals surface area (Å²) in [5.41, 5.74) is -3.78. The number of rotatable bonds is 5. The molecule has 3 N–H and O–H groups in total. The van der Waals surface area contributed by atoms with Crippen molar-refractivity contribution in [2.45, 2.75) is 57.8 Å². The van der Waals surface area contributed by atoms with Crippen molar-refractivity contribution < 1.29 is 28.2 Å². The summed E-state index contributed by atoms with van der Waals surface area (Å²) in [7, 11) is 1.56. The molecule has 0 saturated heterocycles. The average molecular weight is 489 g/mol. The molecule has 0 spiro atoms. The van der Waals surface area contributed by atoms with E-state index in [1.807, 2.05) is 0 Å². The third-order valence-electron chi connectivity index (χ3n) is 6.49. The predicted molar refractivity (Wildman–Crippen MR) is 126 cm³/mol.